The molecule has 0 N–H and O–H groups in total. The van der Waals surface area contributed by atoms with Gasteiger partial charge in [-0.1, -0.05) is 41.6 Å². The highest BCUT2D eigenvalue weighted by atomic mass is 16.6. The van der Waals surface area contributed by atoms with Crippen molar-refractivity contribution in [1.29, 1.82) is 0 Å². The molecule has 0 saturated carbocycles. The lowest BCUT2D eigenvalue weighted by molar-refractivity contribution is 0.113. The first-order chi connectivity index (χ1) is 15.6. The molecular formula is C27H37NO4. The summed E-state index contributed by atoms with van der Waals surface area (Å²) in [6.45, 7) is 8.75. The maximum absolute atomic E-state index is 6.03. The molecule has 0 unspecified atom stereocenters. The van der Waals surface area contributed by atoms with Gasteiger partial charge in [0.2, 0.25) is 0 Å². The van der Waals surface area contributed by atoms with Crippen LogP contribution in [0.5, 0.6) is 11.5 Å². The zero-order chi connectivity index (χ0) is 23.0. The Hall–Kier alpha value is -2.79. The van der Waals surface area contributed by atoms with Gasteiger partial charge in [0.15, 0.2) is 0 Å². The molecule has 174 valence electrons. The molecule has 0 radical (unpaired) electrons. The van der Waals surface area contributed by atoms with Crippen LogP contribution in [-0.2, 0) is 22.6 Å². The fourth-order valence-electron chi connectivity index (χ4n) is 3.29. The van der Waals surface area contributed by atoms with Crippen LogP contribution < -0.4 is 9.47 Å². The van der Waals surface area contributed by atoms with Crippen LogP contribution in [-0.4, -0.2) is 33.1 Å². The molecule has 5 nitrogen and oxygen atoms in total. The van der Waals surface area contributed by atoms with E-state index in [4.69, 9.17) is 14.2 Å². The van der Waals surface area contributed by atoms with E-state index in [1.807, 2.05) is 31.2 Å². The van der Waals surface area contributed by atoms with E-state index in [2.05, 4.69) is 48.1 Å². The molecule has 0 amide bonds. The molecule has 0 fully saturated rings. The fraction of sp³-hybridized carbons (Fsp3) is 0.444. The van der Waals surface area contributed by atoms with Gasteiger partial charge in [-0.05, 0) is 80.8 Å². The Balaban J connectivity index is 1.62. The van der Waals surface area contributed by atoms with Gasteiger partial charge in [-0.25, -0.2) is 0 Å². The smallest absolute Gasteiger partial charge is 0.125 e. The number of allylic oxidation sites excluding steroid dienone is 1. The first-order valence-electron chi connectivity index (χ1n) is 11.3. The molecule has 0 spiro atoms. The van der Waals surface area contributed by atoms with Gasteiger partial charge in [0.25, 0.3) is 0 Å². The molecular weight excluding hydrogens is 402 g/mol. The van der Waals surface area contributed by atoms with E-state index in [1.165, 1.54) is 11.1 Å². The van der Waals surface area contributed by atoms with Crippen molar-refractivity contribution in [2.75, 3.05) is 26.9 Å². The van der Waals surface area contributed by atoms with Crippen LogP contribution in [0.2, 0.25) is 0 Å². The number of hydrogen-bond acceptors (Lipinski definition) is 5. The number of aryl methyl sites for hydroxylation is 3. The molecule has 0 saturated heterocycles. The van der Waals surface area contributed by atoms with Crippen molar-refractivity contribution in [1.82, 2.24) is 0 Å². The Labute approximate surface area is 193 Å². The molecule has 2 aromatic carbocycles. The van der Waals surface area contributed by atoms with Crippen molar-refractivity contribution in [3.05, 3.63) is 70.8 Å². The third-order valence-corrected chi connectivity index (χ3v) is 4.98. The first-order valence-corrected chi connectivity index (χ1v) is 11.3. The minimum atomic E-state index is 0.587. The topological polar surface area (TPSA) is 49.3 Å². The molecule has 2 aromatic rings. The quantitative estimate of drug-likeness (QED) is 0.143. The Bertz CT molecular complexity index is 820. The summed E-state index contributed by atoms with van der Waals surface area (Å²) in [5.41, 5.74) is 4.69. The second-order valence-corrected chi connectivity index (χ2v) is 7.70. The summed E-state index contributed by atoms with van der Waals surface area (Å²) in [5.74, 6) is 1.84. The minimum absolute atomic E-state index is 0.587. The third kappa shape index (κ3) is 9.56. The van der Waals surface area contributed by atoms with E-state index in [-0.39, 0.29) is 0 Å². The van der Waals surface area contributed by atoms with Crippen LogP contribution in [0.3, 0.4) is 0 Å². The summed E-state index contributed by atoms with van der Waals surface area (Å²) in [6.07, 6.45) is 9.53. The van der Waals surface area contributed by atoms with Crippen LogP contribution in [0.4, 0.5) is 0 Å². The van der Waals surface area contributed by atoms with Gasteiger partial charge in [0.1, 0.15) is 25.2 Å². The van der Waals surface area contributed by atoms with E-state index >= 15 is 0 Å². The van der Waals surface area contributed by atoms with Crippen LogP contribution in [0.25, 0.3) is 0 Å². The summed E-state index contributed by atoms with van der Waals surface area (Å²) in [7, 11) is 1.56. The second kappa shape index (κ2) is 15.1. The monoisotopic (exact) mass is 439 g/mol. The molecule has 0 aliphatic heterocycles. The zero-order valence-corrected chi connectivity index (χ0v) is 19.9. The summed E-state index contributed by atoms with van der Waals surface area (Å²) in [6, 6.07) is 12.6. The van der Waals surface area contributed by atoms with E-state index in [0.717, 1.165) is 54.9 Å². The predicted molar refractivity (Wildman–Crippen MR) is 131 cm³/mol. The minimum Gasteiger partial charge on any atom is -0.493 e. The molecule has 32 heavy (non-hydrogen) atoms. The van der Waals surface area contributed by atoms with Crippen molar-refractivity contribution in [2.24, 2.45) is 5.16 Å². The maximum Gasteiger partial charge on any atom is 0.125 e. The summed E-state index contributed by atoms with van der Waals surface area (Å²) in [5, 5.41) is 3.76. The summed E-state index contributed by atoms with van der Waals surface area (Å²) < 4.78 is 17.6. The number of ether oxygens (including phenoxy) is 3. The van der Waals surface area contributed by atoms with Gasteiger partial charge in [0.05, 0.1) is 13.2 Å². The van der Waals surface area contributed by atoms with Crippen molar-refractivity contribution in [3.63, 3.8) is 0 Å². The summed E-state index contributed by atoms with van der Waals surface area (Å²) in [4.78, 5) is 4.67. The third-order valence-electron chi connectivity index (χ3n) is 4.98. The van der Waals surface area contributed by atoms with Gasteiger partial charge < -0.3 is 19.0 Å². The van der Waals surface area contributed by atoms with E-state index in [9.17, 15) is 0 Å². The number of oxime groups is 1. The number of hydrogen-bond donors (Lipinski definition) is 0. The largest absolute Gasteiger partial charge is 0.493 e. The van der Waals surface area contributed by atoms with Crippen molar-refractivity contribution < 1.29 is 19.0 Å². The van der Waals surface area contributed by atoms with Crippen molar-refractivity contribution in [3.8, 4) is 11.5 Å². The van der Waals surface area contributed by atoms with Crippen molar-refractivity contribution >= 4 is 6.21 Å². The Morgan fingerprint density at radius 2 is 1.59 bits per heavy atom. The second-order valence-electron chi connectivity index (χ2n) is 7.70. The number of benzene rings is 2. The number of unbranched alkanes of at least 4 members (excludes halogenated alkanes) is 1. The molecule has 0 atom stereocenters. The van der Waals surface area contributed by atoms with Gasteiger partial charge >= 0.3 is 0 Å². The van der Waals surface area contributed by atoms with Crippen LogP contribution in [0.1, 0.15) is 48.4 Å². The normalized spacial score (nSPS) is 11.4. The highest BCUT2D eigenvalue weighted by molar-refractivity contribution is 5.56. The average Bonchev–Trinajstić information content (AvgIpc) is 2.78. The molecule has 0 bridgehead atoms. The van der Waals surface area contributed by atoms with Gasteiger partial charge in [-0.2, -0.15) is 0 Å². The molecule has 0 aliphatic rings. The first kappa shape index (κ1) is 25.5. The lowest BCUT2D eigenvalue weighted by Gasteiger charge is -2.14. The van der Waals surface area contributed by atoms with Crippen LogP contribution >= 0.6 is 0 Å². The Morgan fingerprint density at radius 1 is 0.906 bits per heavy atom. The standard InChI is InChI=1S/C27H37NO4/c1-5-6-17-31-26-19-22(2)27(23(3)20-26)32-18-8-7-16-30-21-25-13-11-24(12-14-25)10-9-15-28-29-4/h5-6,11-15,19-20H,7-10,16-18,21H2,1-4H3/b6-5+,28-15+. The Kier molecular flexibility index (Phi) is 12.0. The van der Waals surface area contributed by atoms with Gasteiger partial charge in [-0.3, -0.25) is 0 Å². The summed E-state index contributed by atoms with van der Waals surface area (Å²) >= 11 is 0. The highest BCUT2D eigenvalue weighted by Crippen LogP contribution is 2.28. The molecule has 2 rings (SSSR count). The predicted octanol–water partition coefficient (Wildman–Crippen LogP) is 6.20. The van der Waals surface area contributed by atoms with Crippen LogP contribution in [0.15, 0.2) is 53.7 Å². The lowest BCUT2D eigenvalue weighted by Crippen LogP contribution is -2.04. The van der Waals surface area contributed by atoms with Gasteiger partial charge in [0, 0.05) is 12.8 Å². The lowest BCUT2D eigenvalue weighted by atomic mass is 10.1. The van der Waals surface area contributed by atoms with E-state index in [1.54, 1.807) is 13.3 Å². The van der Waals surface area contributed by atoms with E-state index < -0.39 is 0 Å². The Morgan fingerprint density at radius 3 is 2.28 bits per heavy atom. The molecule has 0 aromatic heterocycles. The number of nitrogens with zero attached hydrogens (tertiary/aromatic N) is 1. The SMILES string of the molecule is C/C=C/COc1cc(C)c(OCCCCOCc2ccc(CC/C=N/OC)cc2)c(C)c1. The molecule has 5 heteroatoms. The van der Waals surface area contributed by atoms with Crippen molar-refractivity contribution in [2.45, 2.75) is 53.1 Å². The maximum atomic E-state index is 6.03. The van der Waals surface area contributed by atoms with Gasteiger partial charge in [-0.15, -0.1) is 0 Å². The van der Waals surface area contributed by atoms with E-state index in [0.29, 0.717) is 19.8 Å². The van der Waals surface area contributed by atoms with Crippen LogP contribution in [0, 0.1) is 13.8 Å². The zero-order valence-electron chi connectivity index (χ0n) is 19.9. The highest BCUT2D eigenvalue weighted by Gasteiger charge is 2.07. The molecule has 0 heterocycles. The average molecular weight is 440 g/mol. The number of rotatable bonds is 15. The molecule has 0 aliphatic carbocycles. The fourth-order valence-corrected chi connectivity index (χ4v) is 3.29.